The highest BCUT2D eigenvalue weighted by molar-refractivity contribution is 5.94. The zero-order valence-corrected chi connectivity index (χ0v) is 9.87. The van der Waals surface area contributed by atoms with Crippen molar-refractivity contribution in [3.63, 3.8) is 0 Å². The minimum Gasteiger partial charge on any atom is -0.350 e. The first-order valence-corrected chi connectivity index (χ1v) is 5.88. The third kappa shape index (κ3) is 3.03. The molecule has 4 heteroatoms. The van der Waals surface area contributed by atoms with E-state index >= 15 is 0 Å². The molecule has 0 saturated heterocycles. The van der Waals surface area contributed by atoms with Crippen LogP contribution in [0.25, 0.3) is 0 Å². The Morgan fingerprint density at radius 3 is 2.88 bits per heavy atom. The van der Waals surface area contributed by atoms with Crippen molar-refractivity contribution < 1.29 is 9.18 Å². The minimum absolute atomic E-state index is 0.00698. The number of aryl methyl sites for hydroxylation is 1. The maximum absolute atomic E-state index is 13.5. The van der Waals surface area contributed by atoms with Crippen LogP contribution in [0, 0.1) is 18.7 Å². The number of halogens is 1. The Bertz CT molecular complexity index is 429. The normalized spacial score (nSPS) is 16.6. The lowest BCUT2D eigenvalue weighted by Gasteiger charge is -2.12. The third-order valence-corrected chi connectivity index (χ3v) is 3.10. The first-order chi connectivity index (χ1) is 8.08. The summed E-state index contributed by atoms with van der Waals surface area (Å²) in [5.74, 6) is -0.348. The molecule has 1 aliphatic carbocycles. The first-order valence-electron chi connectivity index (χ1n) is 5.88. The van der Waals surface area contributed by atoms with Crippen LogP contribution in [0.4, 0.5) is 4.39 Å². The molecule has 2 rings (SSSR count). The van der Waals surface area contributed by atoms with E-state index in [4.69, 9.17) is 5.73 Å². The average molecular weight is 236 g/mol. The molecule has 0 spiro atoms. The summed E-state index contributed by atoms with van der Waals surface area (Å²) in [5.41, 5.74) is 6.74. The largest absolute Gasteiger partial charge is 0.350 e. The number of amides is 1. The van der Waals surface area contributed by atoms with E-state index in [0.29, 0.717) is 12.5 Å². The van der Waals surface area contributed by atoms with Crippen LogP contribution in [0.15, 0.2) is 18.2 Å². The number of hydrogen-bond donors (Lipinski definition) is 2. The van der Waals surface area contributed by atoms with E-state index in [9.17, 15) is 9.18 Å². The summed E-state index contributed by atoms with van der Waals surface area (Å²) in [6.45, 7) is 2.20. The molecule has 1 atom stereocenters. The second kappa shape index (κ2) is 4.84. The molecular formula is C13H17FN2O. The van der Waals surface area contributed by atoms with Crippen LogP contribution in [0.2, 0.25) is 0 Å². The van der Waals surface area contributed by atoms with Gasteiger partial charge in [-0.05, 0) is 43.4 Å². The van der Waals surface area contributed by atoms with Crippen molar-refractivity contribution in [3.8, 4) is 0 Å². The van der Waals surface area contributed by atoms with Gasteiger partial charge in [0, 0.05) is 12.6 Å². The molecule has 0 heterocycles. The van der Waals surface area contributed by atoms with Crippen LogP contribution in [0.3, 0.4) is 0 Å². The third-order valence-electron chi connectivity index (χ3n) is 3.10. The van der Waals surface area contributed by atoms with Gasteiger partial charge in [-0.15, -0.1) is 0 Å². The molecule has 3 N–H and O–H groups in total. The topological polar surface area (TPSA) is 55.1 Å². The van der Waals surface area contributed by atoms with Crippen LogP contribution in [0.1, 0.15) is 28.8 Å². The molecule has 0 radical (unpaired) electrons. The molecule has 1 aromatic carbocycles. The van der Waals surface area contributed by atoms with E-state index in [-0.39, 0.29) is 11.6 Å². The van der Waals surface area contributed by atoms with Crippen molar-refractivity contribution in [2.24, 2.45) is 11.7 Å². The molecule has 1 amide bonds. The highest BCUT2D eigenvalue weighted by Crippen LogP contribution is 2.31. The first kappa shape index (κ1) is 12.0. The lowest BCUT2D eigenvalue weighted by molar-refractivity contribution is 0.0946. The molecule has 1 aliphatic rings. The Kier molecular flexibility index (Phi) is 3.43. The quantitative estimate of drug-likeness (QED) is 0.834. The van der Waals surface area contributed by atoms with E-state index < -0.39 is 11.7 Å². The van der Waals surface area contributed by atoms with Crippen LogP contribution >= 0.6 is 0 Å². The van der Waals surface area contributed by atoms with Gasteiger partial charge in [0.1, 0.15) is 5.82 Å². The van der Waals surface area contributed by atoms with Gasteiger partial charge in [0.05, 0.1) is 5.56 Å². The predicted molar refractivity (Wildman–Crippen MR) is 64.2 cm³/mol. The van der Waals surface area contributed by atoms with Gasteiger partial charge in [-0.2, -0.15) is 0 Å². The molecule has 0 aliphatic heterocycles. The van der Waals surface area contributed by atoms with Gasteiger partial charge in [0.2, 0.25) is 0 Å². The standard InChI is InChI=1S/C13H17FN2O/c1-8-2-5-10(11(14)6-8)13(17)16-7-12(15)9-3-4-9/h2,5-6,9,12H,3-4,7,15H2,1H3,(H,16,17). The van der Waals surface area contributed by atoms with Crippen LogP contribution in [-0.2, 0) is 0 Å². The van der Waals surface area contributed by atoms with Gasteiger partial charge >= 0.3 is 0 Å². The summed E-state index contributed by atoms with van der Waals surface area (Å²) in [5, 5.41) is 2.68. The second-order valence-electron chi connectivity index (χ2n) is 4.69. The van der Waals surface area contributed by atoms with Crippen LogP contribution < -0.4 is 11.1 Å². The Hall–Kier alpha value is -1.42. The van der Waals surface area contributed by atoms with Crippen molar-refractivity contribution in [1.29, 1.82) is 0 Å². The maximum Gasteiger partial charge on any atom is 0.254 e. The number of hydrogen-bond acceptors (Lipinski definition) is 2. The highest BCUT2D eigenvalue weighted by atomic mass is 19.1. The molecule has 1 unspecified atom stereocenters. The van der Waals surface area contributed by atoms with E-state index in [1.54, 1.807) is 13.0 Å². The SMILES string of the molecule is Cc1ccc(C(=O)NCC(N)C2CC2)c(F)c1. The van der Waals surface area contributed by atoms with Gasteiger partial charge in [0.25, 0.3) is 5.91 Å². The molecular weight excluding hydrogens is 219 g/mol. The highest BCUT2D eigenvalue weighted by Gasteiger charge is 2.28. The number of carbonyl (C=O) groups excluding carboxylic acids is 1. The van der Waals surface area contributed by atoms with E-state index in [1.165, 1.54) is 12.1 Å². The molecule has 1 saturated carbocycles. The fourth-order valence-electron chi connectivity index (χ4n) is 1.80. The summed E-state index contributed by atoms with van der Waals surface area (Å²) in [6.07, 6.45) is 2.27. The summed E-state index contributed by atoms with van der Waals surface area (Å²) in [4.78, 5) is 11.7. The number of nitrogens with two attached hydrogens (primary N) is 1. The zero-order chi connectivity index (χ0) is 12.4. The van der Waals surface area contributed by atoms with Crippen LogP contribution in [0.5, 0.6) is 0 Å². The second-order valence-corrected chi connectivity index (χ2v) is 4.69. The van der Waals surface area contributed by atoms with Crippen LogP contribution in [-0.4, -0.2) is 18.5 Å². The molecule has 1 aromatic rings. The monoisotopic (exact) mass is 236 g/mol. The molecule has 0 aromatic heterocycles. The molecule has 17 heavy (non-hydrogen) atoms. The smallest absolute Gasteiger partial charge is 0.254 e. The summed E-state index contributed by atoms with van der Waals surface area (Å²) < 4.78 is 13.5. The molecule has 0 bridgehead atoms. The van der Waals surface area contributed by atoms with Gasteiger partial charge in [0.15, 0.2) is 0 Å². The van der Waals surface area contributed by atoms with Gasteiger partial charge in [-0.1, -0.05) is 6.07 Å². The maximum atomic E-state index is 13.5. The Labute approximate surface area is 100 Å². The van der Waals surface area contributed by atoms with Crippen molar-refractivity contribution in [2.45, 2.75) is 25.8 Å². The fraction of sp³-hybridized carbons (Fsp3) is 0.462. The Morgan fingerprint density at radius 1 is 1.59 bits per heavy atom. The minimum atomic E-state index is -0.484. The summed E-state index contributed by atoms with van der Waals surface area (Å²) >= 11 is 0. The predicted octanol–water partition coefficient (Wildman–Crippen LogP) is 1.60. The number of carbonyl (C=O) groups is 1. The van der Waals surface area contributed by atoms with Crippen molar-refractivity contribution >= 4 is 5.91 Å². The number of benzene rings is 1. The molecule has 3 nitrogen and oxygen atoms in total. The van der Waals surface area contributed by atoms with Crippen molar-refractivity contribution in [3.05, 3.63) is 35.1 Å². The van der Waals surface area contributed by atoms with Gasteiger partial charge in [-0.25, -0.2) is 4.39 Å². The molecule has 1 fully saturated rings. The lowest BCUT2D eigenvalue weighted by atomic mass is 10.1. The summed E-state index contributed by atoms with van der Waals surface area (Å²) in [6, 6.07) is 4.57. The van der Waals surface area contributed by atoms with Crippen molar-refractivity contribution in [1.82, 2.24) is 5.32 Å². The lowest BCUT2D eigenvalue weighted by Crippen LogP contribution is -2.38. The summed E-state index contributed by atoms with van der Waals surface area (Å²) in [7, 11) is 0. The van der Waals surface area contributed by atoms with E-state index in [1.807, 2.05) is 0 Å². The van der Waals surface area contributed by atoms with Gasteiger partial charge in [-0.3, -0.25) is 4.79 Å². The molecule has 92 valence electrons. The fourth-order valence-corrected chi connectivity index (χ4v) is 1.80. The van der Waals surface area contributed by atoms with E-state index in [0.717, 1.165) is 18.4 Å². The van der Waals surface area contributed by atoms with Crippen molar-refractivity contribution in [2.75, 3.05) is 6.54 Å². The zero-order valence-electron chi connectivity index (χ0n) is 9.87. The van der Waals surface area contributed by atoms with E-state index in [2.05, 4.69) is 5.32 Å². The Balaban J connectivity index is 1.94. The Morgan fingerprint density at radius 2 is 2.29 bits per heavy atom. The average Bonchev–Trinajstić information content (AvgIpc) is 3.09. The number of nitrogens with one attached hydrogen (secondary N) is 1. The number of rotatable bonds is 4. The van der Waals surface area contributed by atoms with Gasteiger partial charge < -0.3 is 11.1 Å².